The molecule has 0 aromatic carbocycles. The third kappa shape index (κ3) is 17.5. The first-order chi connectivity index (χ1) is 13.8. The van der Waals surface area contributed by atoms with Gasteiger partial charge in [0.15, 0.2) is 0 Å². The number of carbonyl (C=O) groups is 3. The summed E-state index contributed by atoms with van der Waals surface area (Å²) in [6.07, 6.45) is 8.62. The molecule has 168 valence electrons. The zero-order valence-electron chi connectivity index (χ0n) is 18.7. The number of carbonyl (C=O) groups excluding carboxylic acids is 2. The number of quaternary nitrogens is 1. The first-order valence-electron chi connectivity index (χ1n) is 10.6. The van der Waals surface area contributed by atoms with E-state index in [2.05, 4.69) is 5.32 Å². The van der Waals surface area contributed by atoms with E-state index >= 15 is 0 Å². The van der Waals surface area contributed by atoms with Crippen LogP contribution in [0, 0.1) is 0 Å². The van der Waals surface area contributed by atoms with Crippen LogP contribution in [-0.4, -0.2) is 71.9 Å². The number of aliphatic hydroxyl groups is 1. The Morgan fingerprint density at radius 2 is 1.57 bits per heavy atom. The second-order valence-electron chi connectivity index (χ2n) is 7.41. The molecule has 0 saturated heterocycles. The van der Waals surface area contributed by atoms with Crippen LogP contribution in [0.25, 0.3) is 0 Å². The molecular weight excluding hydrogens is 383 g/mol. The van der Waals surface area contributed by atoms with Crippen LogP contribution in [0.3, 0.4) is 0 Å². The summed E-state index contributed by atoms with van der Waals surface area (Å²) in [5.41, 5.74) is 0. The minimum absolute atomic E-state index is 0. The number of hydrogen-bond acceptors (Lipinski definition) is 5. The molecule has 1 unspecified atom stereocenters. The zero-order chi connectivity index (χ0) is 22.0. The largest absolute Gasteiger partial charge is 1.00 e. The molecule has 3 N–H and O–H groups in total. The van der Waals surface area contributed by atoms with Gasteiger partial charge in [0.05, 0.1) is 32.8 Å². The van der Waals surface area contributed by atoms with Gasteiger partial charge in [0.2, 0.25) is 5.91 Å². The van der Waals surface area contributed by atoms with Crippen LogP contribution in [0.4, 0.5) is 0 Å². The van der Waals surface area contributed by atoms with Crippen LogP contribution in [0.1, 0.15) is 64.7 Å². The molecule has 0 radical (unpaired) electrons. The van der Waals surface area contributed by atoms with Gasteiger partial charge < -0.3 is 29.9 Å². The molecule has 1 atom stereocenters. The molecule has 0 spiro atoms. The number of nitrogens with one attached hydrogen (secondary N) is 1. The summed E-state index contributed by atoms with van der Waals surface area (Å²) in [7, 11) is 0. The maximum atomic E-state index is 12.0. The predicted molar refractivity (Wildman–Crippen MR) is 109 cm³/mol. The predicted octanol–water partition coefficient (Wildman–Crippen LogP) is -2.16. The second kappa shape index (κ2) is 19.6. The molecule has 0 saturated carbocycles. The van der Waals surface area contributed by atoms with Crippen molar-refractivity contribution < 1.29 is 53.0 Å². The monoisotopic (exact) mass is 421 g/mol. The number of nitrogens with zero attached hydrogens (tertiary/aromatic N) is 1. The van der Waals surface area contributed by atoms with Crippen molar-refractivity contribution in [1.82, 2.24) is 5.32 Å². The second-order valence-corrected chi connectivity index (χ2v) is 7.41. The van der Waals surface area contributed by atoms with Crippen molar-refractivity contribution in [2.45, 2.75) is 64.7 Å². The van der Waals surface area contributed by atoms with Gasteiger partial charge in [-0.15, -0.1) is 0 Å². The fraction of sp³-hybridized carbons (Fsp3) is 0.762. The summed E-state index contributed by atoms with van der Waals surface area (Å²) in [5.74, 6) is -1.92. The molecule has 0 bridgehead atoms. The molecule has 0 aromatic heterocycles. The van der Waals surface area contributed by atoms with E-state index < -0.39 is 11.9 Å². The molecule has 0 aliphatic rings. The number of hydrogen-bond donors (Lipinski definition) is 3. The number of allylic oxidation sites excluding steroid dienone is 2. The van der Waals surface area contributed by atoms with E-state index in [1.54, 1.807) is 0 Å². The molecule has 9 heteroatoms. The van der Waals surface area contributed by atoms with Crippen LogP contribution in [-0.2, 0) is 14.4 Å². The number of aliphatic carboxylic acids is 2. The van der Waals surface area contributed by atoms with Crippen molar-refractivity contribution >= 4 is 17.8 Å². The summed E-state index contributed by atoms with van der Waals surface area (Å²) in [5, 5.41) is 31.9. The maximum absolute atomic E-state index is 12.0. The molecule has 0 aliphatic heterocycles. The summed E-state index contributed by atoms with van der Waals surface area (Å²) in [6, 6.07) is 0. The van der Waals surface area contributed by atoms with Gasteiger partial charge in [-0.05, 0) is 44.9 Å². The zero-order valence-corrected chi connectivity index (χ0v) is 18.7. The summed E-state index contributed by atoms with van der Waals surface area (Å²) in [6.45, 7) is 4.97. The molecule has 0 aliphatic carbocycles. The molecular formula is C21H38LiN2O6+. The summed E-state index contributed by atoms with van der Waals surface area (Å²) in [4.78, 5) is 33.4. The molecule has 0 heterocycles. The van der Waals surface area contributed by atoms with Gasteiger partial charge >= 0.3 is 24.8 Å². The van der Waals surface area contributed by atoms with Crippen LogP contribution >= 0.6 is 0 Å². The first-order valence-corrected chi connectivity index (χ1v) is 10.6. The van der Waals surface area contributed by atoms with E-state index in [1.807, 2.05) is 19.1 Å². The van der Waals surface area contributed by atoms with Gasteiger partial charge in [-0.2, -0.15) is 0 Å². The van der Waals surface area contributed by atoms with Gasteiger partial charge in [-0.3, -0.25) is 9.59 Å². The average Bonchev–Trinajstić information content (AvgIpc) is 2.66. The van der Waals surface area contributed by atoms with E-state index in [-0.39, 0.29) is 44.2 Å². The van der Waals surface area contributed by atoms with Gasteiger partial charge in [0.25, 0.3) is 0 Å². The van der Waals surface area contributed by atoms with Crippen molar-refractivity contribution in [2.24, 2.45) is 0 Å². The number of aliphatic hydroxyl groups excluding tert-OH is 1. The van der Waals surface area contributed by atoms with Crippen LogP contribution in [0.2, 0.25) is 0 Å². The van der Waals surface area contributed by atoms with E-state index in [1.165, 1.54) is 0 Å². The smallest absolute Gasteiger partial charge is 0.550 e. The van der Waals surface area contributed by atoms with E-state index in [9.17, 15) is 24.6 Å². The number of rotatable bonds is 19. The van der Waals surface area contributed by atoms with Crippen LogP contribution in [0.15, 0.2) is 12.2 Å². The Hall–Kier alpha value is -1.33. The van der Waals surface area contributed by atoms with E-state index in [0.717, 1.165) is 6.42 Å². The van der Waals surface area contributed by atoms with Crippen LogP contribution < -0.4 is 29.3 Å². The van der Waals surface area contributed by atoms with Crippen molar-refractivity contribution in [3.63, 3.8) is 0 Å². The Kier molecular flexibility index (Phi) is 20.2. The number of amides is 1. The minimum Gasteiger partial charge on any atom is -0.550 e. The molecule has 0 fully saturated rings. The number of carboxylic acids is 2. The van der Waals surface area contributed by atoms with Gasteiger partial charge in [0, 0.05) is 18.8 Å². The van der Waals surface area contributed by atoms with Gasteiger partial charge in [-0.1, -0.05) is 19.1 Å². The average molecular weight is 421 g/mol. The van der Waals surface area contributed by atoms with Crippen LogP contribution in [0.5, 0.6) is 0 Å². The van der Waals surface area contributed by atoms with Gasteiger partial charge in [0.1, 0.15) is 6.54 Å². The SMILES string of the molecule is CC/C=C/CCC(=O)NCC[N+](CCO)(CCCCC(=O)[O-])CCCCC(=O)O.[Li+]. The third-order valence-electron chi connectivity index (χ3n) is 4.96. The quantitative estimate of drug-likeness (QED) is 0.0944. The summed E-state index contributed by atoms with van der Waals surface area (Å²) >= 11 is 0. The van der Waals surface area contributed by atoms with Crippen molar-refractivity contribution in [1.29, 1.82) is 0 Å². The maximum Gasteiger partial charge on any atom is 1.00 e. The Balaban J connectivity index is 0. The molecule has 1 amide bonds. The van der Waals surface area contributed by atoms with Crippen molar-refractivity contribution in [2.75, 3.05) is 39.3 Å². The van der Waals surface area contributed by atoms with E-state index in [4.69, 9.17) is 5.11 Å². The fourth-order valence-corrected chi connectivity index (χ4v) is 3.34. The third-order valence-corrected chi connectivity index (χ3v) is 4.96. The number of carboxylic acid groups (broad SMARTS) is 2. The Morgan fingerprint density at radius 3 is 2.10 bits per heavy atom. The fourth-order valence-electron chi connectivity index (χ4n) is 3.34. The summed E-state index contributed by atoms with van der Waals surface area (Å²) < 4.78 is 0.541. The number of unbranched alkanes of at least 4 members (excludes halogenated alkanes) is 2. The van der Waals surface area contributed by atoms with Crippen molar-refractivity contribution in [3.05, 3.63) is 12.2 Å². The Labute approximate surface area is 192 Å². The Bertz CT molecular complexity index is 492. The molecule has 0 rings (SSSR count). The minimum atomic E-state index is -1.07. The molecule has 30 heavy (non-hydrogen) atoms. The normalized spacial score (nSPS) is 12.9. The topological polar surface area (TPSA) is 127 Å². The Morgan fingerprint density at radius 1 is 0.933 bits per heavy atom. The first kappa shape index (κ1) is 30.9. The molecule has 8 nitrogen and oxygen atoms in total. The standard InChI is InChI=1S/C21H38N2O6.Li/c1-2-3-4-5-10-19(25)22-13-16-23(17-18-24,14-8-6-11-20(26)27)15-9-7-12-21(28)29;/h3-4,24H,2,5-18H2,1H3,(H2-,22,25,26,27,28,29);/q;+1/b4-3+;. The molecule has 0 aromatic rings. The van der Waals surface area contributed by atoms with Crippen molar-refractivity contribution in [3.8, 4) is 0 Å². The van der Waals surface area contributed by atoms with Gasteiger partial charge in [-0.25, -0.2) is 0 Å². The van der Waals surface area contributed by atoms with E-state index in [0.29, 0.717) is 75.7 Å².